The van der Waals surface area contributed by atoms with Crippen LogP contribution in [0.1, 0.15) is 43.7 Å². The summed E-state index contributed by atoms with van der Waals surface area (Å²) in [5.41, 5.74) is 8.84. The van der Waals surface area contributed by atoms with E-state index in [4.69, 9.17) is 5.73 Å². The Morgan fingerprint density at radius 1 is 0.852 bits per heavy atom. The molecule has 0 aliphatic carbocycles. The normalized spacial score (nSPS) is 20.2. The van der Waals surface area contributed by atoms with E-state index in [1.807, 2.05) is 0 Å². The molecule has 2 fully saturated rings. The first-order valence-electron chi connectivity index (χ1n) is 10.3. The van der Waals surface area contributed by atoms with Gasteiger partial charge in [-0.25, -0.2) is 4.99 Å². The number of likely N-dealkylation sites (N-methyl/N-ethyl adjacent to an activating group) is 1. The summed E-state index contributed by atoms with van der Waals surface area (Å²) in [5.74, 6) is 0.713. The molecule has 0 radical (unpaired) electrons. The third-order valence-corrected chi connectivity index (χ3v) is 5.69. The molecule has 27 heavy (non-hydrogen) atoms. The maximum atomic E-state index is 6.21. The summed E-state index contributed by atoms with van der Waals surface area (Å²) in [5, 5.41) is 0. The topological polar surface area (TPSA) is 48.1 Å². The Morgan fingerprint density at radius 3 is 2.00 bits per heavy atom. The van der Waals surface area contributed by atoms with Gasteiger partial charge in [-0.1, -0.05) is 44.0 Å². The summed E-state index contributed by atoms with van der Waals surface area (Å²) < 4.78 is 0. The molecule has 6 heteroatoms. The van der Waals surface area contributed by atoms with Crippen LogP contribution in [0.25, 0.3) is 0 Å². The van der Waals surface area contributed by atoms with Crippen molar-refractivity contribution in [1.29, 1.82) is 0 Å². The maximum Gasteiger partial charge on any atom is 0.191 e. The fourth-order valence-corrected chi connectivity index (χ4v) is 3.84. The molecule has 1 aromatic rings. The van der Waals surface area contributed by atoms with Gasteiger partial charge in [0.25, 0.3) is 0 Å². The van der Waals surface area contributed by atoms with Gasteiger partial charge in [-0.15, -0.1) is 24.0 Å². The van der Waals surface area contributed by atoms with Gasteiger partial charge in [-0.3, -0.25) is 4.90 Å². The van der Waals surface area contributed by atoms with E-state index in [0.717, 1.165) is 19.6 Å². The van der Waals surface area contributed by atoms with Crippen LogP contribution in [0.3, 0.4) is 0 Å². The molecular formula is C21H36IN5. The van der Waals surface area contributed by atoms with Gasteiger partial charge in [0.2, 0.25) is 0 Å². The minimum atomic E-state index is 0. The highest BCUT2D eigenvalue weighted by atomic mass is 127. The van der Waals surface area contributed by atoms with Crippen molar-refractivity contribution in [3.8, 4) is 0 Å². The molecule has 0 spiro atoms. The van der Waals surface area contributed by atoms with Gasteiger partial charge < -0.3 is 15.5 Å². The number of guanidine groups is 1. The van der Waals surface area contributed by atoms with E-state index < -0.39 is 0 Å². The summed E-state index contributed by atoms with van der Waals surface area (Å²) in [7, 11) is 0. The highest BCUT2D eigenvalue weighted by Crippen LogP contribution is 2.12. The predicted molar refractivity (Wildman–Crippen MR) is 125 cm³/mol. The zero-order chi connectivity index (χ0) is 18.2. The summed E-state index contributed by atoms with van der Waals surface area (Å²) >= 11 is 0. The molecule has 2 aliphatic rings. The lowest BCUT2D eigenvalue weighted by molar-refractivity contribution is 0.132. The Labute approximate surface area is 182 Å². The highest BCUT2D eigenvalue weighted by molar-refractivity contribution is 14.0. The number of nitrogens with zero attached hydrogens (tertiary/aromatic N) is 4. The van der Waals surface area contributed by atoms with Crippen LogP contribution in [0.15, 0.2) is 29.3 Å². The van der Waals surface area contributed by atoms with Crippen molar-refractivity contribution in [3.63, 3.8) is 0 Å². The summed E-state index contributed by atoms with van der Waals surface area (Å²) in [6.45, 7) is 12.0. The molecule has 0 saturated carbocycles. The number of rotatable bonds is 5. The first-order valence-corrected chi connectivity index (χ1v) is 10.3. The number of aliphatic imine (C=N–C) groups is 1. The van der Waals surface area contributed by atoms with E-state index in [9.17, 15) is 0 Å². The fraction of sp³-hybridized carbons (Fsp3) is 0.667. The summed E-state index contributed by atoms with van der Waals surface area (Å²) in [6, 6.07) is 8.91. The molecule has 2 aliphatic heterocycles. The number of nitrogens with two attached hydrogens (primary N) is 1. The largest absolute Gasteiger partial charge is 0.370 e. The molecular weight excluding hydrogens is 449 g/mol. The molecule has 2 N–H and O–H groups in total. The minimum Gasteiger partial charge on any atom is -0.370 e. The number of piperazine rings is 1. The molecule has 3 rings (SSSR count). The Kier molecular flexibility index (Phi) is 9.86. The van der Waals surface area contributed by atoms with Crippen molar-refractivity contribution in [1.82, 2.24) is 14.7 Å². The van der Waals surface area contributed by atoms with Crippen LogP contribution in [0.4, 0.5) is 0 Å². The molecule has 5 nitrogen and oxygen atoms in total. The number of hydrogen-bond donors (Lipinski definition) is 1. The van der Waals surface area contributed by atoms with E-state index in [1.54, 1.807) is 0 Å². The van der Waals surface area contributed by atoms with Crippen molar-refractivity contribution in [3.05, 3.63) is 35.4 Å². The van der Waals surface area contributed by atoms with E-state index in [0.29, 0.717) is 12.5 Å². The van der Waals surface area contributed by atoms with Crippen LogP contribution in [0.5, 0.6) is 0 Å². The van der Waals surface area contributed by atoms with Gasteiger partial charge in [-0.05, 0) is 30.5 Å². The second-order valence-corrected chi connectivity index (χ2v) is 7.60. The Balaban J connectivity index is 0.00000261. The van der Waals surface area contributed by atoms with Crippen LogP contribution in [0.2, 0.25) is 0 Å². The molecule has 2 heterocycles. The number of halogens is 1. The molecule has 0 aromatic heterocycles. The van der Waals surface area contributed by atoms with Crippen LogP contribution in [-0.4, -0.2) is 66.5 Å². The Morgan fingerprint density at radius 2 is 1.41 bits per heavy atom. The van der Waals surface area contributed by atoms with Crippen molar-refractivity contribution >= 4 is 29.9 Å². The number of hydrogen-bond acceptors (Lipinski definition) is 3. The summed E-state index contributed by atoms with van der Waals surface area (Å²) in [4.78, 5) is 11.9. The Bertz CT molecular complexity index is 558. The van der Waals surface area contributed by atoms with Crippen LogP contribution < -0.4 is 5.73 Å². The van der Waals surface area contributed by atoms with Crippen molar-refractivity contribution in [2.24, 2.45) is 10.7 Å². The van der Waals surface area contributed by atoms with E-state index in [2.05, 4.69) is 50.9 Å². The molecule has 1 aromatic carbocycles. The van der Waals surface area contributed by atoms with Gasteiger partial charge >= 0.3 is 0 Å². The average molecular weight is 485 g/mol. The fourth-order valence-electron chi connectivity index (χ4n) is 3.84. The van der Waals surface area contributed by atoms with E-state index in [1.165, 1.54) is 69.5 Å². The van der Waals surface area contributed by atoms with Crippen molar-refractivity contribution in [2.45, 2.75) is 45.7 Å². The quantitative estimate of drug-likeness (QED) is 0.396. The zero-order valence-corrected chi connectivity index (χ0v) is 19.1. The summed E-state index contributed by atoms with van der Waals surface area (Å²) in [6.07, 6.45) is 5.10. The van der Waals surface area contributed by atoms with Gasteiger partial charge in [0, 0.05) is 45.8 Å². The van der Waals surface area contributed by atoms with Gasteiger partial charge in [0.1, 0.15) is 0 Å². The SMILES string of the molecule is CCN1CCN(Cc2ccc(CN=C(N)N3CCCCCC3)cc2)CC1.I. The second-order valence-electron chi connectivity index (χ2n) is 7.60. The van der Waals surface area contributed by atoms with Crippen LogP contribution in [-0.2, 0) is 13.1 Å². The van der Waals surface area contributed by atoms with Gasteiger partial charge in [0.05, 0.1) is 6.54 Å². The third kappa shape index (κ3) is 7.23. The van der Waals surface area contributed by atoms with E-state index >= 15 is 0 Å². The van der Waals surface area contributed by atoms with Gasteiger partial charge in [0.15, 0.2) is 5.96 Å². The van der Waals surface area contributed by atoms with Crippen molar-refractivity contribution in [2.75, 3.05) is 45.8 Å². The lowest BCUT2D eigenvalue weighted by Gasteiger charge is -2.34. The molecule has 0 bridgehead atoms. The Hall–Kier alpha value is -0.860. The zero-order valence-electron chi connectivity index (χ0n) is 16.8. The second kappa shape index (κ2) is 11.9. The predicted octanol–water partition coefficient (Wildman–Crippen LogP) is 3.13. The lowest BCUT2D eigenvalue weighted by atomic mass is 10.1. The monoisotopic (exact) mass is 485 g/mol. The minimum absolute atomic E-state index is 0. The molecule has 0 amide bonds. The van der Waals surface area contributed by atoms with E-state index in [-0.39, 0.29) is 24.0 Å². The van der Waals surface area contributed by atoms with Crippen molar-refractivity contribution < 1.29 is 0 Å². The molecule has 0 unspecified atom stereocenters. The highest BCUT2D eigenvalue weighted by Gasteiger charge is 2.15. The first kappa shape index (κ1) is 22.4. The third-order valence-electron chi connectivity index (χ3n) is 5.69. The number of benzene rings is 1. The maximum absolute atomic E-state index is 6.21. The lowest BCUT2D eigenvalue weighted by Crippen LogP contribution is -2.45. The molecule has 152 valence electrons. The van der Waals surface area contributed by atoms with Crippen LogP contribution >= 0.6 is 24.0 Å². The standard InChI is InChI=1S/C21H35N5.HI/c1-2-24-13-15-25(16-14-24)18-20-9-7-19(8-10-20)17-23-21(22)26-11-5-3-4-6-12-26;/h7-10H,2-6,11-18H2,1H3,(H2,22,23);1H. The first-order chi connectivity index (χ1) is 12.7. The molecule has 2 saturated heterocycles. The smallest absolute Gasteiger partial charge is 0.191 e. The van der Waals surface area contributed by atoms with Crippen LogP contribution in [0, 0.1) is 0 Å². The molecule has 0 atom stereocenters. The average Bonchev–Trinajstić information content (AvgIpc) is 2.97. The van der Waals surface area contributed by atoms with Gasteiger partial charge in [-0.2, -0.15) is 0 Å². The number of likely N-dealkylation sites (tertiary alicyclic amines) is 1.